The van der Waals surface area contributed by atoms with Gasteiger partial charge in [0.05, 0.1) is 5.69 Å². The maximum absolute atomic E-state index is 13.4. The van der Waals surface area contributed by atoms with Crippen LogP contribution in [0.3, 0.4) is 0 Å². The number of halogens is 7. The number of carbonyl (C=O) groups excluding carboxylic acids is 1. The summed E-state index contributed by atoms with van der Waals surface area (Å²) in [6.07, 6.45) is -7.12. The Labute approximate surface area is 166 Å². The van der Waals surface area contributed by atoms with Crippen LogP contribution in [-0.2, 0) is 11.3 Å². The van der Waals surface area contributed by atoms with E-state index in [1.807, 2.05) is 0 Å². The maximum atomic E-state index is 13.4. The molecule has 0 atom stereocenters. The summed E-state index contributed by atoms with van der Waals surface area (Å²) >= 11 is 0. The smallest absolute Gasteiger partial charge is 0.413 e. The third-order valence-corrected chi connectivity index (χ3v) is 5.88. The molecule has 0 spiro atoms. The van der Waals surface area contributed by atoms with E-state index in [1.54, 1.807) is 0 Å². The van der Waals surface area contributed by atoms with E-state index < -0.39 is 68.4 Å². The number of hydrogen-bond donors (Lipinski definition) is 1. The third-order valence-electron chi connectivity index (χ3n) is 5.88. The van der Waals surface area contributed by atoms with Gasteiger partial charge in [0.15, 0.2) is 0 Å². The van der Waals surface area contributed by atoms with Crippen LogP contribution in [0.2, 0.25) is 0 Å². The molecule has 1 N–H and O–H groups in total. The van der Waals surface area contributed by atoms with Crippen LogP contribution in [0.1, 0.15) is 68.0 Å². The molecule has 3 aliphatic rings. The minimum absolute atomic E-state index is 0.139. The summed E-state index contributed by atoms with van der Waals surface area (Å²) in [5.74, 6) is -6.98. The molecule has 4 rings (SSSR count). The predicted octanol–water partition coefficient (Wildman–Crippen LogP) is 5.57. The van der Waals surface area contributed by atoms with Crippen molar-refractivity contribution in [3.63, 3.8) is 0 Å². The molecule has 1 aromatic rings. The summed E-state index contributed by atoms with van der Waals surface area (Å²) in [7, 11) is 0. The van der Waals surface area contributed by atoms with E-state index in [9.17, 15) is 35.5 Å². The maximum Gasteiger partial charge on any atom is 0.413 e. The van der Waals surface area contributed by atoms with Gasteiger partial charge >= 0.3 is 12.3 Å². The zero-order valence-electron chi connectivity index (χ0n) is 15.7. The van der Waals surface area contributed by atoms with E-state index in [0.717, 1.165) is 6.42 Å². The van der Waals surface area contributed by atoms with Gasteiger partial charge in [-0.3, -0.25) is 5.32 Å². The number of ether oxygens (including phenoxy) is 1. The second kappa shape index (κ2) is 7.01. The van der Waals surface area contributed by atoms with Gasteiger partial charge in [0.25, 0.3) is 5.92 Å². The lowest BCUT2D eigenvalue weighted by Crippen LogP contribution is -2.43. The minimum Gasteiger partial charge on any atom is -0.445 e. The number of carbonyl (C=O) groups is 1. The molecule has 0 bridgehead atoms. The van der Waals surface area contributed by atoms with E-state index in [1.165, 1.54) is 0 Å². The van der Waals surface area contributed by atoms with Gasteiger partial charge in [0, 0.05) is 37.2 Å². The van der Waals surface area contributed by atoms with E-state index in [2.05, 4.69) is 10.4 Å². The quantitative estimate of drug-likeness (QED) is 0.606. The Morgan fingerprint density at radius 3 is 2.13 bits per heavy atom. The lowest BCUT2D eigenvalue weighted by Gasteiger charge is -2.36. The fraction of sp³-hybridized carbons (Fsp3) is 0.778. The van der Waals surface area contributed by atoms with Crippen LogP contribution < -0.4 is 5.32 Å². The average Bonchev–Trinajstić information content (AvgIpc) is 2.78. The lowest BCUT2D eigenvalue weighted by molar-refractivity contribution is -0.144. The zero-order chi connectivity index (χ0) is 21.9. The second-order valence-corrected chi connectivity index (χ2v) is 8.43. The monoisotopic (exact) mass is 443 g/mol. The Kier molecular flexibility index (Phi) is 4.96. The normalized spacial score (nSPS) is 24.0. The molecule has 5 nitrogen and oxygen atoms in total. The van der Waals surface area contributed by atoms with Crippen molar-refractivity contribution in [3.8, 4) is 0 Å². The summed E-state index contributed by atoms with van der Waals surface area (Å²) in [5, 5.41) is 6.18. The summed E-state index contributed by atoms with van der Waals surface area (Å²) in [4.78, 5) is 12.2. The number of aromatic nitrogens is 2. The molecule has 3 aliphatic carbocycles. The molecule has 3 saturated carbocycles. The highest BCUT2D eigenvalue weighted by Crippen LogP contribution is 2.53. The van der Waals surface area contributed by atoms with Gasteiger partial charge in [-0.1, -0.05) is 6.42 Å². The van der Waals surface area contributed by atoms with Gasteiger partial charge in [-0.2, -0.15) is 18.3 Å². The van der Waals surface area contributed by atoms with Crippen LogP contribution in [-0.4, -0.2) is 40.0 Å². The van der Waals surface area contributed by atoms with Crippen LogP contribution in [0.25, 0.3) is 0 Å². The summed E-state index contributed by atoms with van der Waals surface area (Å²) in [6.45, 7) is -1.52. The molecular weight excluding hydrogens is 423 g/mol. The molecule has 12 heteroatoms. The number of hydrogen-bond acceptors (Lipinski definition) is 3. The Balaban J connectivity index is 1.60. The molecule has 1 amide bonds. The standard InChI is InChI=1S/C18H20F7N3O2/c19-16(20)4-10(5-16)13-12(9-2-1-3-9)14(28(27-13)8-18(23,24)25)26-15(29)30-11-6-17(21,22)7-11/h9-11H,1-8H2,(H,26,29). The first-order valence-corrected chi connectivity index (χ1v) is 9.72. The Bertz CT molecular complexity index is 816. The van der Waals surface area contributed by atoms with Gasteiger partial charge in [-0.15, -0.1) is 0 Å². The first kappa shape index (κ1) is 21.2. The number of alkyl halides is 7. The highest BCUT2D eigenvalue weighted by atomic mass is 19.4. The number of nitrogens with zero attached hydrogens (tertiary/aromatic N) is 2. The Hall–Kier alpha value is -2.01. The fourth-order valence-corrected chi connectivity index (χ4v) is 4.13. The van der Waals surface area contributed by atoms with Crippen LogP contribution in [0, 0.1) is 0 Å². The van der Waals surface area contributed by atoms with Crippen molar-refractivity contribution in [2.24, 2.45) is 0 Å². The van der Waals surface area contributed by atoms with Crippen molar-refractivity contribution in [2.45, 2.75) is 87.5 Å². The van der Waals surface area contributed by atoms with Gasteiger partial charge in [-0.05, 0) is 18.8 Å². The van der Waals surface area contributed by atoms with E-state index in [0.29, 0.717) is 23.1 Å². The molecule has 1 heterocycles. The minimum atomic E-state index is -4.67. The van der Waals surface area contributed by atoms with Crippen LogP contribution in [0.4, 0.5) is 41.3 Å². The van der Waals surface area contributed by atoms with E-state index in [-0.39, 0.29) is 17.4 Å². The predicted molar refractivity (Wildman–Crippen MR) is 89.9 cm³/mol. The molecule has 0 unspecified atom stereocenters. The van der Waals surface area contributed by atoms with Crippen molar-refractivity contribution in [1.82, 2.24) is 9.78 Å². The van der Waals surface area contributed by atoms with E-state index in [4.69, 9.17) is 4.74 Å². The Morgan fingerprint density at radius 2 is 1.67 bits per heavy atom. The molecule has 0 aromatic carbocycles. The van der Waals surface area contributed by atoms with Crippen molar-refractivity contribution < 1.29 is 40.3 Å². The number of amides is 1. The molecular formula is C18H20F7N3O2. The van der Waals surface area contributed by atoms with Gasteiger partial charge in [-0.25, -0.2) is 27.0 Å². The molecule has 3 fully saturated rings. The zero-order valence-corrected chi connectivity index (χ0v) is 15.7. The van der Waals surface area contributed by atoms with Gasteiger partial charge < -0.3 is 4.74 Å². The topological polar surface area (TPSA) is 56.2 Å². The van der Waals surface area contributed by atoms with Crippen molar-refractivity contribution in [3.05, 3.63) is 11.3 Å². The molecule has 0 saturated heterocycles. The SMILES string of the molecule is O=C(Nc1c(C2CCC2)c(C2CC(F)(F)C2)nn1CC(F)(F)F)OC1CC(F)(F)C1. The molecule has 30 heavy (non-hydrogen) atoms. The third kappa shape index (κ3) is 4.36. The largest absolute Gasteiger partial charge is 0.445 e. The first-order valence-electron chi connectivity index (χ1n) is 9.72. The van der Waals surface area contributed by atoms with Gasteiger partial charge in [0.1, 0.15) is 18.5 Å². The second-order valence-electron chi connectivity index (χ2n) is 8.43. The number of rotatable bonds is 5. The highest BCUT2D eigenvalue weighted by molar-refractivity contribution is 5.85. The fourth-order valence-electron chi connectivity index (χ4n) is 4.13. The molecule has 168 valence electrons. The van der Waals surface area contributed by atoms with Crippen molar-refractivity contribution >= 4 is 11.9 Å². The molecule has 0 radical (unpaired) electrons. The summed E-state index contributed by atoms with van der Waals surface area (Å²) in [6, 6.07) is 0. The van der Waals surface area contributed by atoms with Crippen molar-refractivity contribution in [1.29, 1.82) is 0 Å². The van der Waals surface area contributed by atoms with Crippen molar-refractivity contribution in [2.75, 3.05) is 5.32 Å². The molecule has 1 aromatic heterocycles. The van der Waals surface area contributed by atoms with Crippen LogP contribution in [0.5, 0.6) is 0 Å². The summed E-state index contributed by atoms with van der Waals surface area (Å²) in [5.41, 5.74) is 0.460. The first-order chi connectivity index (χ1) is 13.8. The van der Waals surface area contributed by atoms with Crippen LogP contribution in [0.15, 0.2) is 0 Å². The average molecular weight is 443 g/mol. The highest BCUT2D eigenvalue weighted by Gasteiger charge is 2.50. The van der Waals surface area contributed by atoms with Gasteiger partial charge in [0.2, 0.25) is 5.92 Å². The van der Waals surface area contributed by atoms with Crippen LogP contribution >= 0.6 is 0 Å². The number of anilines is 1. The molecule has 0 aliphatic heterocycles. The number of nitrogens with one attached hydrogen (secondary N) is 1. The summed E-state index contributed by atoms with van der Waals surface area (Å²) < 4.78 is 97.2. The Morgan fingerprint density at radius 1 is 1.07 bits per heavy atom. The van der Waals surface area contributed by atoms with E-state index >= 15 is 0 Å². The lowest BCUT2D eigenvalue weighted by atomic mass is 9.73.